The van der Waals surface area contributed by atoms with Crippen molar-refractivity contribution in [2.24, 2.45) is 0 Å². The molecule has 0 atom stereocenters. The van der Waals surface area contributed by atoms with Gasteiger partial charge in [-0.05, 0) is 23.8 Å². The summed E-state index contributed by atoms with van der Waals surface area (Å²) in [4.78, 5) is 0. The fourth-order valence-corrected chi connectivity index (χ4v) is 0.786. The van der Waals surface area contributed by atoms with E-state index < -0.39 is 0 Å². The van der Waals surface area contributed by atoms with Gasteiger partial charge in [0.25, 0.3) is 0 Å². The minimum atomic E-state index is 0. The van der Waals surface area contributed by atoms with Crippen LogP contribution in [-0.4, -0.2) is 11.0 Å². The summed E-state index contributed by atoms with van der Waals surface area (Å²) < 4.78 is 0. The third-order valence-corrected chi connectivity index (χ3v) is 1.31. The number of allylic oxidation sites excluding steroid dienone is 8. The maximum absolute atomic E-state index is 2.12. The minimum absolute atomic E-state index is 0. The van der Waals surface area contributed by atoms with Crippen LogP contribution in [0, 0.1) is 0 Å². The Kier molecular flexibility index (Phi) is 6.74. The van der Waals surface area contributed by atoms with E-state index in [4.69, 9.17) is 0 Å². The molecular weight excluding hydrogens is 148 g/mol. The van der Waals surface area contributed by atoms with Crippen LogP contribution in [0.5, 0.6) is 0 Å². The molecule has 2 rings (SSSR count). The van der Waals surface area contributed by atoms with Crippen LogP contribution in [0.25, 0.3) is 0 Å². The van der Waals surface area contributed by atoms with Gasteiger partial charge in [0, 0.05) is 0 Å². The molecule has 0 heterocycles. The first kappa shape index (κ1) is 10.2. The first-order valence-corrected chi connectivity index (χ1v) is 3.63. The lowest BCUT2D eigenvalue weighted by Gasteiger charge is -1.57. The van der Waals surface area contributed by atoms with E-state index in [-0.39, 0.29) is 11.0 Å². The first-order valence-electron chi connectivity index (χ1n) is 3.63. The van der Waals surface area contributed by atoms with E-state index in [2.05, 4.69) is 48.6 Å². The van der Waals surface area contributed by atoms with Crippen LogP contribution in [0.2, 0.25) is 0 Å². The highest BCUT2D eigenvalue weighted by Gasteiger charge is 1.72. The van der Waals surface area contributed by atoms with E-state index in [1.165, 1.54) is 0 Å². The van der Waals surface area contributed by atoms with Gasteiger partial charge in [0.05, 0.1) is 0 Å². The smallest absolute Gasteiger partial charge is 0.0149 e. The molecule has 1 heteroatoms. The quantitative estimate of drug-likeness (QED) is 0.477. The molecule has 0 saturated carbocycles. The number of hydrogen-bond donors (Lipinski definition) is 0. The van der Waals surface area contributed by atoms with Crippen molar-refractivity contribution in [3.63, 3.8) is 0 Å². The molecule has 2 aliphatic rings. The summed E-state index contributed by atoms with van der Waals surface area (Å²) in [5.41, 5.74) is 0. The summed E-state index contributed by atoms with van der Waals surface area (Å²) >= 11 is 0. The zero-order chi connectivity index (χ0) is 7.07. The minimum Gasteiger partial charge on any atom is -0.0808 e. The molecule has 0 aromatic rings. The zero-order valence-corrected chi connectivity index (χ0v) is 6.03. The van der Waals surface area contributed by atoms with E-state index in [9.17, 15) is 0 Å². The molecule has 0 aromatic carbocycles. The average molecular weight is 164 g/mol. The highest BCUT2D eigenvalue weighted by molar-refractivity contribution is 5.75. The summed E-state index contributed by atoms with van der Waals surface area (Å²) in [5, 5.41) is 0. The van der Waals surface area contributed by atoms with Gasteiger partial charge in [0.2, 0.25) is 0 Å². The summed E-state index contributed by atoms with van der Waals surface area (Å²) in [6.45, 7) is 0. The lowest BCUT2D eigenvalue weighted by atomic mass is 10.5. The molecule has 0 spiro atoms. The highest BCUT2D eigenvalue weighted by Crippen LogP contribution is 1.93. The Hall–Kier alpha value is -0.823. The Labute approximate surface area is 73.0 Å². The average Bonchev–Trinajstić information content (AvgIpc) is 2.67. The van der Waals surface area contributed by atoms with Gasteiger partial charge in [-0.2, -0.15) is 0 Å². The van der Waals surface area contributed by atoms with Gasteiger partial charge in [0.15, 0.2) is 0 Å². The Morgan fingerprint density at radius 2 is 0.818 bits per heavy atom. The van der Waals surface area contributed by atoms with Crippen molar-refractivity contribution in [1.82, 2.24) is 0 Å². The molecule has 0 radical (unpaired) electrons. The summed E-state index contributed by atoms with van der Waals surface area (Å²) in [7, 11) is 0. The fraction of sp³-hybridized carbons (Fsp3) is 0.200. The van der Waals surface area contributed by atoms with Gasteiger partial charge in [-0.3, -0.25) is 0 Å². The lowest BCUT2D eigenvalue weighted by molar-refractivity contribution is 1.45. The Morgan fingerprint density at radius 1 is 0.545 bits per heavy atom. The van der Waals surface area contributed by atoms with E-state index in [1.807, 2.05) is 0 Å². The Balaban J connectivity index is 0.000000167. The van der Waals surface area contributed by atoms with Crippen molar-refractivity contribution in [3.8, 4) is 0 Å². The zero-order valence-electron chi connectivity index (χ0n) is 6.03. The Bertz CT molecular complexity index is 143. The van der Waals surface area contributed by atoms with Crippen LogP contribution in [-0.2, 0) is 0 Å². The topological polar surface area (TPSA) is 0 Å². The molecule has 0 N–H and O–H groups in total. The molecule has 60 valence electrons. The molecule has 0 bridgehead atoms. The largest absolute Gasteiger partial charge is 0.0808 e. The molecule has 0 aromatic heterocycles. The molecular formula is C10H16Si. The second-order valence-electron chi connectivity index (χ2n) is 2.18. The molecule has 2 aliphatic carbocycles. The van der Waals surface area contributed by atoms with Gasteiger partial charge >= 0.3 is 0 Å². The SMILES string of the molecule is C1=CCC=C1.C1=CCC=C1.[SiH4]. The van der Waals surface area contributed by atoms with Crippen molar-refractivity contribution in [2.45, 2.75) is 12.8 Å². The van der Waals surface area contributed by atoms with Crippen molar-refractivity contribution in [3.05, 3.63) is 48.6 Å². The van der Waals surface area contributed by atoms with Crippen molar-refractivity contribution in [1.29, 1.82) is 0 Å². The maximum atomic E-state index is 2.12. The van der Waals surface area contributed by atoms with Crippen molar-refractivity contribution >= 4 is 11.0 Å². The summed E-state index contributed by atoms with van der Waals surface area (Å²) in [6, 6.07) is 0. The van der Waals surface area contributed by atoms with Crippen molar-refractivity contribution in [2.75, 3.05) is 0 Å². The predicted molar refractivity (Wildman–Crippen MR) is 57.1 cm³/mol. The molecule has 0 aliphatic heterocycles. The van der Waals surface area contributed by atoms with E-state index in [0.29, 0.717) is 0 Å². The summed E-state index contributed by atoms with van der Waals surface area (Å²) in [6.07, 6.45) is 19.0. The van der Waals surface area contributed by atoms with Gasteiger partial charge in [-0.25, -0.2) is 0 Å². The van der Waals surface area contributed by atoms with E-state index in [1.54, 1.807) is 0 Å². The molecule has 0 saturated heterocycles. The van der Waals surface area contributed by atoms with Gasteiger partial charge in [0.1, 0.15) is 0 Å². The van der Waals surface area contributed by atoms with E-state index in [0.717, 1.165) is 12.8 Å². The van der Waals surface area contributed by atoms with Crippen LogP contribution >= 0.6 is 0 Å². The first-order chi connectivity index (χ1) is 5.00. The normalized spacial score (nSPS) is 16.0. The second kappa shape index (κ2) is 7.29. The number of hydrogen-bond acceptors (Lipinski definition) is 0. The number of rotatable bonds is 0. The maximum Gasteiger partial charge on any atom is -0.0149 e. The highest BCUT2D eigenvalue weighted by atomic mass is 28.1. The third-order valence-electron chi connectivity index (χ3n) is 1.31. The third kappa shape index (κ3) is 5.61. The molecule has 0 amide bonds. The Morgan fingerprint density at radius 3 is 0.909 bits per heavy atom. The van der Waals surface area contributed by atoms with Crippen LogP contribution in [0.15, 0.2) is 48.6 Å². The molecule has 0 nitrogen and oxygen atoms in total. The van der Waals surface area contributed by atoms with Crippen LogP contribution in [0.3, 0.4) is 0 Å². The van der Waals surface area contributed by atoms with E-state index >= 15 is 0 Å². The standard InChI is InChI=1S/2C5H6.H4Si/c2*1-2-4-5-3-1;/h2*1-4H,5H2;1H4. The van der Waals surface area contributed by atoms with Gasteiger partial charge in [-0.1, -0.05) is 48.6 Å². The van der Waals surface area contributed by atoms with Gasteiger partial charge in [-0.15, -0.1) is 0 Å². The van der Waals surface area contributed by atoms with Crippen LogP contribution < -0.4 is 0 Å². The molecule has 11 heavy (non-hydrogen) atoms. The van der Waals surface area contributed by atoms with Gasteiger partial charge < -0.3 is 0 Å². The monoisotopic (exact) mass is 164 g/mol. The van der Waals surface area contributed by atoms with Crippen molar-refractivity contribution < 1.29 is 0 Å². The fourth-order valence-electron chi connectivity index (χ4n) is 0.786. The van der Waals surface area contributed by atoms with Crippen LogP contribution in [0.1, 0.15) is 12.8 Å². The van der Waals surface area contributed by atoms with Crippen LogP contribution in [0.4, 0.5) is 0 Å². The molecule has 0 fully saturated rings. The summed E-state index contributed by atoms with van der Waals surface area (Å²) in [5.74, 6) is 0. The lowest BCUT2D eigenvalue weighted by Crippen LogP contribution is -1.37. The predicted octanol–water partition coefficient (Wildman–Crippen LogP) is 1.55. The second-order valence-corrected chi connectivity index (χ2v) is 2.18. The molecule has 0 unspecified atom stereocenters.